The first-order valence-corrected chi connectivity index (χ1v) is 5.76. The summed E-state index contributed by atoms with van der Waals surface area (Å²) >= 11 is 0. The Morgan fingerprint density at radius 1 is 1.50 bits per heavy atom. The minimum Gasteiger partial charge on any atom is -0.481 e. The lowest BCUT2D eigenvalue weighted by Crippen LogP contribution is -2.43. The third-order valence-electron chi connectivity index (χ3n) is 2.90. The summed E-state index contributed by atoms with van der Waals surface area (Å²) in [4.78, 5) is 22.6. The number of aromatic nitrogens is 2. The Hall–Kier alpha value is -1.85. The summed E-state index contributed by atoms with van der Waals surface area (Å²) in [5, 5.41) is 15.5. The normalized spacial score (nSPS) is 11.3. The highest BCUT2D eigenvalue weighted by molar-refractivity contribution is 5.95. The number of aliphatic carboxylic acids is 1. The van der Waals surface area contributed by atoms with Gasteiger partial charge in [-0.3, -0.25) is 14.3 Å². The van der Waals surface area contributed by atoms with Crippen molar-refractivity contribution in [1.82, 2.24) is 15.1 Å². The van der Waals surface area contributed by atoms with Gasteiger partial charge < -0.3 is 10.4 Å². The molecule has 100 valence electrons. The largest absolute Gasteiger partial charge is 0.481 e. The summed E-state index contributed by atoms with van der Waals surface area (Å²) in [5.41, 5.74) is 0.736. The molecule has 1 amide bonds. The van der Waals surface area contributed by atoms with E-state index in [0.29, 0.717) is 12.0 Å². The van der Waals surface area contributed by atoms with E-state index in [4.69, 9.17) is 5.11 Å². The van der Waals surface area contributed by atoms with Crippen LogP contribution in [0, 0.1) is 6.92 Å². The molecule has 1 aromatic heterocycles. The molecule has 6 nitrogen and oxygen atoms in total. The molecule has 0 unspecified atom stereocenters. The van der Waals surface area contributed by atoms with Crippen LogP contribution in [0.15, 0.2) is 6.20 Å². The maximum absolute atomic E-state index is 12.0. The molecule has 0 aromatic carbocycles. The Bertz CT molecular complexity index is 463. The number of hydrogen-bond acceptors (Lipinski definition) is 3. The molecule has 6 heteroatoms. The van der Waals surface area contributed by atoms with E-state index in [1.165, 1.54) is 6.20 Å². The van der Waals surface area contributed by atoms with Gasteiger partial charge in [-0.05, 0) is 27.2 Å². The minimum atomic E-state index is -0.866. The highest BCUT2D eigenvalue weighted by atomic mass is 16.4. The van der Waals surface area contributed by atoms with Crippen molar-refractivity contribution in [2.45, 2.75) is 39.2 Å². The van der Waals surface area contributed by atoms with Gasteiger partial charge in [0.05, 0.1) is 11.8 Å². The molecule has 0 aliphatic rings. The zero-order valence-corrected chi connectivity index (χ0v) is 11.1. The number of hydrogen-bond donors (Lipinski definition) is 2. The third-order valence-corrected chi connectivity index (χ3v) is 2.90. The highest BCUT2D eigenvalue weighted by Gasteiger charge is 2.23. The molecule has 0 saturated carbocycles. The van der Waals surface area contributed by atoms with Crippen molar-refractivity contribution in [3.8, 4) is 0 Å². The molecule has 18 heavy (non-hydrogen) atoms. The summed E-state index contributed by atoms with van der Waals surface area (Å²) < 4.78 is 1.62. The van der Waals surface area contributed by atoms with Crippen molar-refractivity contribution < 1.29 is 14.7 Å². The van der Waals surface area contributed by atoms with Gasteiger partial charge >= 0.3 is 5.97 Å². The van der Waals surface area contributed by atoms with Crippen LogP contribution in [-0.2, 0) is 11.8 Å². The van der Waals surface area contributed by atoms with Crippen LogP contribution < -0.4 is 5.32 Å². The summed E-state index contributed by atoms with van der Waals surface area (Å²) in [6.07, 6.45) is 1.92. The number of carbonyl (C=O) groups excluding carboxylic acids is 1. The van der Waals surface area contributed by atoms with E-state index in [1.807, 2.05) is 6.92 Å². The molecule has 0 aliphatic carbocycles. The number of aryl methyl sites for hydroxylation is 1. The molecule has 1 aromatic rings. The molecule has 0 radical (unpaired) electrons. The van der Waals surface area contributed by atoms with Gasteiger partial charge in [-0.15, -0.1) is 0 Å². The van der Waals surface area contributed by atoms with Crippen LogP contribution in [0.2, 0.25) is 0 Å². The number of amides is 1. The zero-order chi connectivity index (χ0) is 13.9. The Kier molecular flexibility index (Phi) is 4.11. The first kappa shape index (κ1) is 14.2. The molecule has 0 saturated heterocycles. The summed E-state index contributed by atoms with van der Waals surface area (Å²) in [7, 11) is 1.77. The molecule has 1 heterocycles. The van der Waals surface area contributed by atoms with E-state index in [2.05, 4.69) is 10.4 Å². The molecule has 0 spiro atoms. The average Bonchev–Trinajstić information content (AvgIpc) is 2.56. The number of carbonyl (C=O) groups is 2. The van der Waals surface area contributed by atoms with Crippen LogP contribution in [0.3, 0.4) is 0 Å². The Labute approximate surface area is 106 Å². The fourth-order valence-electron chi connectivity index (χ4n) is 1.58. The first-order chi connectivity index (χ1) is 8.23. The quantitative estimate of drug-likeness (QED) is 0.823. The summed E-state index contributed by atoms with van der Waals surface area (Å²) in [6.45, 7) is 5.42. The molecule has 2 N–H and O–H groups in total. The van der Waals surface area contributed by atoms with Gasteiger partial charge in [-0.1, -0.05) is 0 Å². The van der Waals surface area contributed by atoms with E-state index in [9.17, 15) is 9.59 Å². The van der Waals surface area contributed by atoms with Crippen molar-refractivity contribution in [3.63, 3.8) is 0 Å². The van der Waals surface area contributed by atoms with Crippen LogP contribution in [0.1, 0.15) is 42.7 Å². The van der Waals surface area contributed by atoms with Gasteiger partial charge in [0.15, 0.2) is 0 Å². The second kappa shape index (κ2) is 5.20. The second-order valence-electron chi connectivity index (χ2n) is 5.00. The van der Waals surface area contributed by atoms with E-state index >= 15 is 0 Å². The molecule has 1 rings (SSSR count). The van der Waals surface area contributed by atoms with Crippen LogP contribution in [0.25, 0.3) is 0 Å². The Morgan fingerprint density at radius 2 is 2.11 bits per heavy atom. The fraction of sp³-hybridized carbons (Fsp3) is 0.583. The molecular weight excluding hydrogens is 234 g/mol. The molecular formula is C12H19N3O3. The van der Waals surface area contributed by atoms with E-state index in [0.717, 1.165) is 5.69 Å². The first-order valence-electron chi connectivity index (χ1n) is 5.76. The van der Waals surface area contributed by atoms with Crippen LogP contribution in [0.5, 0.6) is 0 Å². The number of carboxylic acids is 1. The lowest BCUT2D eigenvalue weighted by Gasteiger charge is -2.25. The highest BCUT2D eigenvalue weighted by Crippen LogP contribution is 2.14. The maximum atomic E-state index is 12.0. The standard InChI is InChI=1S/C12H19N3O3/c1-8-9(7-13-15(8)4)11(18)14-12(2,3)6-5-10(16)17/h7H,5-6H2,1-4H3,(H,14,18)(H,16,17). The van der Waals surface area contributed by atoms with Gasteiger partial charge in [-0.2, -0.15) is 5.10 Å². The van der Waals surface area contributed by atoms with Gasteiger partial charge in [0.2, 0.25) is 0 Å². The van der Waals surface area contributed by atoms with Crippen LogP contribution in [0.4, 0.5) is 0 Å². The predicted octanol–water partition coefficient (Wildman–Crippen LogP) is 1.10. The van der Waals surface area contributed by atoms with Crippen molar-refractivity contribution in [2.75, 3.05) is 0 Å². The van der Waals surface area contributed by atoms with E-state index in [1.54, 1.807) is 25.6 Å². The van der Waals surface area contributed by atoms with Gasteiger partial charge in [0.25, 0.3) is 5.91 Å². The predicted molar refractivity (Wildman–Crippen MR) is 66.4 cm³/mol. The van der Waals surface area contributed by atoms with Crippen molar-refractivity contribution >= 4 is 11.9 Å². The number of nitrogens with zero attached hydrogens (tertiary/aromatic N) is 2. The number of rotatable bonds is 5. The number of nitrogens with one attached hydrogen (secondary N) is 1. The monoisotopic (exact) mass is 253 g/mol. The van der Waals surface area contributed by atoms with Gasteiger partial charge in [0.1, 0.15) is 0 Å². The van der Waals surface area contributed by atoms with Crippen LogP contribution >= 0.6 is 0 Å². The van der Waals surface area contributed by atoms with Crippen LogP contribution in [-0.4, -0.2) is 32.3 Å². The molecule has 0 atom stereocenters. The summed E-state index contributed by atoms with van der Waals surface area (Å²) in [6, 6.07) is 0. The Morgan fingerprint density at radius 3 is 2.56 bits per heavy atom. The SMILES string of the molecule is Cc1c(C(=O)NC(C)(C)CCC(=O)O)cnn1C. The topological polar surface area (TPSA) is 84.2 Å². The lowest BCUT2D eigenvalue weighted by molar-refractivity contribution is -0.137. The smallest absolute Gasteiger partial charge is 0.303 e. The fourth-order valence-corrected chi connectivity index (χ4v) is 1.58. The van der Waals surface area contributed by atoms with Crippen molar-refractivity contribution in [1.29, 1.82) is 0 Å². The maximum Gasteiger partial charge on any atom is 0.303 e. The van der Waals surface area contributed by atoms with Crippen molar-refractivity contribution in [3.05, 3.63) is 17.5 Å². The lowest BCUT2D eigenvalue weighted by atomic mass is 9.98. The molecule has 0 bridgehead atoms. The molecule has 0 aliphatic heterocycles. The molecule has 0 fully saturated rings. The van der Waals surface area contributed by atoms with Gasteiger partial charge in [-0.25, -0.2) is 0 Å². The number of carboxylic acid groups (broad SMARTS) is 1. The van der Waals surface area contributed by atoms with E-state index < -0.39 is 11.5 Å². The summed E-state index contributed by atoms with van der Waals surface area (Å²) in [5.74, 6) is -1.09. The minimum absolute atomic E-state index is 0.0271. The average molecular weight is 253 g/mol. The van der Waals surface area contributed by atoms with Gasteiger partial charge in [0, 0.05) is 24.7 Å². The third kappa shape index (κ3) is 3.58. The zero-order valence-electron chi connectivity index (χ0n) is 11.1. The van der Waals surface area contributed by atoms with E-state index in [-0.39, 0.29) is 12.3 Å². The second-order valence-corrected chi connectivity index (χ2v) is 5.00. The Balaban J connectivity index is 2.69. The van der Waals surface area contributed by atoms with Crippen molar-refractivity contribution in [2.24, 2.45) is 7.05 Å².